The maximum Gasteiger partial charge on any atom is 0.415 e. The molecule has 1 aromatic heterocycles. The Morgan fingerprint density at radius 2 is 1.91 bits per heavy atom. The van der Waals surface area contributed by atoms with Crippen LogP contribution in [-0.4, -0.2) is 28.4 Å². The Morgan fingerprint density at radius 1 is 1.17 bits per heavy atom. The Labute approximate surface area is 215 Å². The van der Waals surface area contributed by atoms with Crippen LogP contribution in [0.3, 0.4) is 0 Å². The van der Waals surface area contributed by atoms with Crippen molar-refractivity contribution in [3.8, 4) is 5.75 Å². The number of alkyl halides is 1. The second kappa shape index (κ2) is 11.2. The molecule has 35 heavy (non-hydrogen) atoms. The maximum atomic E-state index is 13.3. The minimum Gasteiger partial charge on any atom is -0.497 e. The molecule has 1 heterocycles. The van der Waals surface area contributed by atoms with Crippen molar-refractivity contribution in [3.05, 3.63) is 64.2 Å². The largest absolute Gasteiger partial charge is 0.497 e. The molecule has 0 aliphatic carbocycles. The first-order valence-corrected chi connectivity index (χ1v) is 12.8. The zero-order valence-electron chi connectivity index (χ0n) is 21.3. The summed E-state index contributed by atoms with van der Waals surface area (Å²) < 4.78 is 12.8. The molecule has 1 unspecified atom stereocenters. The number of anilines is 1. The van der Waals surface area contributed by atoms with Gasteiger partial charge in [-0.15, -0.1) is 0 Å². The van der Waals surface area contributed by atoms with Gasteiger partial charge in [0.1, 0.15) is 17.2 Å². The van der Waals surface area contributed by atoms with Crippen molar-refractivity contribution >= 4 is 38.6 Å². The van der Waals surface area contributed by atoms with Crippen molar-refractivity contribution in [2.24, 2.45) is 0 Å². The van der Waals surface area contributed by atoms with Crippen LogP contribution < -0.4 is 15.2 Å². The van der Waals surface area contributed by atoms with Gasteiger partial charge in [-0.05, 0) is 70.0 Å². The first kappa shape index (κ1) is 26.7. The number of hydrogen-bond acceptors (Lipinski definition) is 5. The normalized spacial score (nSPS) is 12.4. The van der Waals surface area contributed by atoms with E-state index in [1.54, 1.807) is 34.8 Å². The number of nitrogens with zero attached hydrogens (tertiary/aromatic N) is 3. The lowest BCUT2D eigenvalue weighted by molar-refractivity contribution is 0.0577. The number of carbonyl (C=O) groups is 1. The minimum absolute atomic E-state index is 0.0352. The summed E-state index contributed by atoms with van der Waals surface area (Å²) in [5, 5.41) is 0.515. The molecule has 2 aromatic carbocycles. The molecular weight excluding hydrogens is 510 g/mol. The average Bonchev–Trinajstić information content (AvgIpc) is 2.81. The molecule has 0 fully saturated rings. The molecule has 0 spiro atoms. The van der Waals surface area contributed by atoms with Gasteiger partial charge in [-0.3, -0.25) is 14.3 Å². The number of hydrogen-bond donors (Lipinski definition) is 0. The van der Waals surface area contributed by atoms with Gasteiger partial charge in [-0.1, -0.05) is 41.4 Å². The van der Waals surface area contributed by atoms with Crippen LogP contribution in [0.2, 0.25) is 0 Å². The smallest absolute Gasteiger partial charge is 0.415 e. The quantitative estimate of drug-likeness (QED) is 0.299. The van der Waals surface area contributed by atoms with Gasteiger partial charge in [-0.2, -0.15) is 0 Å². The first-order valence-electron chi connectivity index (χ1n) is 11.9. The lowest BCUT2D eigenvalue weighted by Crippen LogP contribution is -2.36. The van der Waals surface area contributed by atoms with Crippen LogP contribution in [0.5, 0.6) is 5.75 Å². The van der Waals surface area contributed by atoms with Crippen LogP contribution >= 0.6 is 15.9 Å². The monoisotopic (exact) mass is 543 g/mol. The van der Waals surface area contributed by atoms with Gasteiger partial charge in [-0.25, -0.2) is 9.78 Å². The number of amides is 1. The third-order valence-corrected chi connectivity index (χ3v) is 6.37. The van der Waals surface area contributed by atoms with Crippen molar-refractivity contribution in [2.75, 3.05) is 12.0 Å². The van der Waals surface area contributed by atoms with Crippen LogP contribution in [0.4, 0.5) is 10.5 Å². The topological polar surface area (TPSA) is 73.7 Å². The number of carbonyl (C=O) groups excluding carboxylic acids is 1. The molecule has 3 rings (SSSR count). The Bertz CT molecular complexity index is 1250. The van der Waals surface area contributed by atoms with E-state index in [4.69, 9.17) is 14.5 Å². The third kappa shape index (κ3) is 6.42. The van der Waals surface area contributed by atoms with Gasteiger partial charge in [0, 0.05) is 12.2 Å². The van der Waals surface area contributed by atoms with Crippen LogP contribution in [0.1, 0.15) is 63.7 Å². The first-order chi connectivity index (χ1) is 16.6. The van der Waals surface area contributed by atoms with Crippen LogP contribution in [0.15, 0.2) is 47.3 Å². The summed E-state index contributed by atoms with van der Waals surface area (Å²) in [5.74, 6) is 1.40. The van der Waals surface area contributed by atoms with Crippen molar-refractivity contribution in [2.45, 2.75) is 71.0 Å². The molecule has 8 heteroatoms. The summed E-state index contributed by atoms with van der Waals surface area (Å²) in [6.07, 6.45) is 1.34. The number of rotatable bonds is 8. The van der Waals surface area contributed by atoms with Gasteiger partial charge in [0.05, 0.1) is 29.4 Å². The Balaban J connectivity index is 2.12. The highest BCUT2D eigenvalue weighted by molar-refractivity contribution is 9.09. The van der Waals surface area contributed by atoms with Gasteiger partial charge in [0.25, 0.3) is 5.56 Å². The number of aromatic nitrogens is 2. The summed E-state index contributed by atoms with van der Waals surface area (Å²) in [6, 6.07) is 12.8. The maximum absolute atomic E-state index is 13.3. The Kier molecular flexibility index (Phi) is 8.59. The summed E-state index contributed by atoms with van der Waals surface area (Å²) in [6.45, 7) is 10.3. The minimum atomic E-state index is -0.663. The van der Waals surface area contributed by atoms with E-state index >= 15 is 0 Å². The summed E-state index contributed by atoms with van der Waals surface area (Å²) in [4.78, 5) is 32.9. The molecule has 0 radical (unpaired) electrons. The van der Waals surface area contributed by atoms with E-state index in [9.17, 15) is 9.59 Å². The second-order valence-electron chi connectivity index (χ2n) is 9.40. The van der Waals surface area contributed by atoms with E-state index in [2.05, 4.69) is 22.9 Å². The zero-order valence-corrected chi connectivity index (χ0v) is 22.9. The highest BCUT2D eigenvalue weighted by Crippen LogP contribution is 2.29. The highest BCUT2D eigenvalue weighted by atomic mass is 79.9. The molecule has 0 saturated carbocycles. The third-order valence-electron chi connectivity index (χ3n) is 5.51. The molecular formula is C27H34BrN3O4. The summed E-state index contributed by atoms with van der Waals surface area (Å²) >= 11 is 3.70. The fraction of sp³-hybridized carbons (Fsp3) is 0.444. The van der Waals surface area contributed by atoms with Crippen LogP contribution in [-0.2, 0) is 17.8 Å². The Hall–Kier alpha value is -2.87. The fourth-order valence-corrected chi connectivity index (χ4v) is 4.66. The SMILES string of the molecule is CCCC(Br)c1nc2cc(N(Cc3cccc(OC)c3)C(=O)OC(C)(C)C)ccc2c(=O)n1CC. The fourth-order valence-electron chi connectivity index (χ4n) is 3.85. The summed E-state index contributed by atoms with van der Waals surface area (Å²) in [5.41, 5.74) is 1.28. The van der Waals surface area contributed by atoms with E-state index in [0.29, 0.717) is 34.7 Å². The van der Waals surface area contributed by atoms with E-state index < -0.39 is 11.7 Å². The van der Waals surface area contributed by atoms with Crippen molar-refractivity contribution < 1.29 is 14.3 Å². The molecule has 188 valence electrons. The Morgan fingerprint density at radius 3 is 2.54 bits per heavy atom. The van der Waals surface area contributed by atoms with Gasteiger partial charge in [0.15, 0.2) is 0 Å². The van der Waals surface area contributed by atoms with Crippen LogP contribution in [0.25, 0.3) is 10.9 Å². The zero-order chi connectivity index (χ0) is 25.8. The number of halogens is 1. The molecule has 1 amide bonds. The van der Waals surface area contributed by atoms with E-state index in [-0.39, 0.29) is 16.9 Å². The number of fused-ring (bicyclic) bond motifs is 1. The molecule has 0 bridgehead atoms. The molecule has 7 nitrogen and oxygen atoms in total. The molecule has 3 aromatic rings. The van der Waals surface area contributed by atoms with Crippen LogP contribution in [0, 0.1) is 0 Å². The number of benzene rings is 2. The predicted molar refractivity (Wildman–Crippen MR) is 144 cm³/mol. The lowest BCUT2D eigenvalue weighted by atomic mass is 10.1. The predicted octanol–water partition coefficient (Wildman–Crippen LogP) is 6.60. The van der Waals surface area contributed by atoms with E-state index in [1.165, 1.54) is 0 Å². The van der Waals surface area contributed by atoms with E-state index in [0.717, 1.165) is 18.4 Å². The lowest BCUT2D eigenvalue weighted by Gasteiger charge is -2.28. The van der Waals surface area contributed by atoms with Gasteiger partial charge in [0.2, 0.25) is 0 Å². The highest BCUT2D eigenvalue weighted by Gasteiger charge is 2.25. The molecule has 0 aliphatic rings. The number of ether oxygens (including phenoxy) is 2. The molecule has 1 atom stereocenters. The standard InChI is InChI=1S/C27H34BrN3O4/c1-7-10-22(28)24-29-23-16-19(13-14-21(23)25(32)30(24)8-2)31(26(33)35-27(3,4)5)17-18-11-9-12-20(15-18)34-6/h9,11-16,22H,7-8,10,17H2,1-6H3. The van der Waals surface area contributed by atoms with Crippen molar-refractivity contribution in [1.29, 1.82) is 0 Å². The van der Waals surface area contributed by atoms with Crippen molar-refractivity contribution in [1.82, 2.24) is 9.55 Å². The van der Waals surface area contributed by atoms with Gasteiger partial charge >= 0.3 is 6.09 Å². The molecule has 0 aliphatic heterocycles. The van der Waals surface area contributed by atoms with Gasteiger partial charge < -0.3 is 9.47 Å². The van der Waals surface area contributed by atoms with E-state index in [1.807, 2.05) is 52.0 Å². The number of methoxy groups -OCH3 is 1. The average molecular weight is 544 g/mol. The molecule has 0 N–H and O–H groups in total. The molecule has 0 saturated heterocycles. The second-order valence-corrected chi connectivity index (χ2v) is 10.5. The van der Waals surface area contributed by atoms with Crippen molar-refractivity contribution in [3.63, 3.8) is 0 Å². The summed E-state index contributed by atoms with van der Waals surface area (Å²) in [7, 11) is 1.61.